The van der Waals surface area contributed by atoms with E-state index in [1.54, 1.807) is 24.3 Å². The second kappa shape index (κ2) is 9.03. The van der Waals surface area contributed by atoms with Gasteiger partial charge >= 0.3 is 12.0 Å². The van der Waals surface area contributed by atoms with Crippen LogP contribution in [0.5, 0.6) is 0 Å². The molecule has 1 aliphatic heterocycles. The highest BCUT2D eigenvalue weighted by Gasteiger charge is 2.31. The van der Waals surface area contributed by atoms with Crippen LogP contribution in [0, 0.1) is 5.92 Å². The number of nitrogens with zero attached hydrogens (tertiary/aromatic N) is 1. The van der Waals surface area contributed by atoms with Crippen molar-refractivity contribution in [3.8, 4) is 0 Å². The number of amides is 2. The summed E-state index contributed by atoms with van der Waals surface area (Å²) < 4.78 is 0. The third-order valence-electron chi connectivity index (χ3n) is 5.29. The quantitative estimate of drug-likeness (QED) is 0.697. The molecule has 6 heteroatoms. The average molecular weight is 361 g/mol. The van der Waals surface area contributed by atoms with Gasteiger partial charge in [-0.05, 0) is 56.8 Å². The maximum absolute atomic E-state index is 12.1. The van der Waals surface area contributed by atoms with E-state index in [1.165, 1.54) is 19.3 Å². The molecule has 1 aliphatic rings. The highest BCUT2D eigenvalue weighted by Crippen LogP contribution is 2.25. The molecule has 0 spiro atoms. The minimum absolute atomic E-state index is 0.0751. The number of hydrogen-bond acceptors (Lipinski definition) is 3. The number of urea groups is 1. The molecule has 26 heavy (non-hydrogen) atoms. The fraction of sp³-hybridized carbons (Fsp3) is 0.600. The molecule has 0 saturated carbocycles. The SMILES string of the molecule is CCC1CCCN(C(C)(C)CNC(=O)NCc2ccc(C(=O)O)cc2)C1. The molecule has 2 amide bonds. The Morgan fingerprint density at radius 2 is 1.92 bits per heavy atom. The van der Waals surface area contributed by atoms with Crippen LogP contribution in [0.25, 0.3) is 0 Å². The van der Waals surface area contributed by atoms with Crippen LogP contribution in [0.3, 0.4) is 0 Å². The molecule has 1 atom stereocenters. The number of rotatable bonds is 7. The van der Waals surface area contributed by atoms with Gasteiger partial charge in [0.15, 0.2) is 0 Å². The summed E-state index contributed by atoms with van der Waals surface area (Å²) in [6.45, 7) is 9.74. The van der Waals surface area contributed by atoms with Crippen molar-refractivity contribution in [1.29, 1.82) is 0 Å². The first-order valence-electron chi connectivity index (χ1n) is 9.41. The van der Waals surface area contributed by atoms with Crippen LogP contribution >= 0.6 is 0 Å². The van der Waals surface area contributed by atoms with E-state index in [0.717, 1.165) is 24.6 Å². The van der Waals surface area contributed by atoms with Crippen LogP contribution in [-0.2, 0) is 6.54 Å². The van der Waals surface area contributed by atoms with Gasteiger partial charge < -0.3 is 15.7 Å². The van der Waals surface area contributed by atoms with Gasteiger partial charge in [-0.25, -0.2) is 9.59 Å². The smallest absolute Gasteiger partial charge is 0.335 e. The molecule has 0 aliphatic carbocycles. The first kappa shape index (κ1) is 20.2. The summed E-state index contributed by atoms with van der Waals surface area (Å²) in [5.74, 6) is -0.196. The number of carboxylic acids is 1. The number of piperidine rings is 1. The van der Waals surface area contributed by atoms with Gasteiger partial charge in [-0.1, -0.05) is 25.5 Å². The lowest BCUT2D eigenvalue weighted by Gasteiger charge is -2.43. The minimum Gasteiger partial charge on any atom is -0.478 e. The summed E-state index contributed by atoms with van der Waals surface area (Å²) in [6, 6.07) is 6.31. The summed E-state index contributed by atoms with van der Waals surface area (Å²) in [4.78, 5) is 25.4. The van der Waals surface area contributed by atoms with E-state index in [-0.39, 0.29) is 17.1 Å². The van der Waals surface area contributed by atoms with Crippen molar-refractivity contribution in [1.82, 2.24) is 15.5 Å². The molecule has 144 valence electrons. The highest BCUT2D eigenvalue weighted by atomic mass is 16.4. The third-order valence-corrected chi connectivity index (χ3v) is 5.29. The van der Waals surface area contributed by atoms with E-state index in [9.17, 15) is 9.59 Å². The molecule has 0 bridgehead atoms. The maximum atomic E-state index is 12.1. The highest BCUT2D eigenvalue weighted by molar-refractivity contribution is 5.87. The number of nitrogens with one attached hydrogen (secondary N) is 2. The van der Waals surface area contributed by atoms with Gasteiger partial charge in [-0.15, -0.1) is 0 Å². The zero-order valence-electron chi connectivity index (χ0n) is 16.0. The lowest BCUT2D eigenvalue weighted by Crippen LogP contribution is -2.55. The molecule has 1 aromatic carbocycles. The van der Waals surface area contributed by atoms with Crippen LogP contribution in [0.2, 0.25) is 0 Å². The van der Waals surface area contributed by atoms with E-state index >= 15 is 0 Å². The lowest BCUT2D eigenvalue weighted by molar-refractivity contribution is 0.0665. The van der Waals surface area contributed by atoms with Crippen molar-refractivity contribution in [3.05, 3.63) is 35.4 Å². The Morgan fingerprint density at radius 1 is 1.23 bits per heavy atom. The number of benzene rings is 1. The Labute approximate surface area is 156 Å². The number of likely N-dealkylation sites (tertiary alicyclic amines) is 1. The molecule has 1 unspecified atom stereocenters. The molecule has 3 N–H and O–H groups in total. The van der Waals surface area contributed by atoms with Gasteiger partial charge in [0, 0.05) is 25.2 Å². The van der Waals surface area contributed by atoms with Crippen molar-refractivity contribution in [2.75, 3.05) is 19.6 Å². The molecule has 1 heterocycles. The van der Waals surface area contributed by atoms with E-state index in [1.807, 2.05) is 0 Å². The number of carbonyl (C=O) groups is 2. The summed E-state index contributed by atoms with van der Waals surface area (Å²) in [5.41, 5.74) is 1.03. The summed E-state index contributed by atoms with van der Waals surface area (Å²) in [6.07, 6.45) is 3.74. The molecular weight excluding hydrogens is 330 g/mol. The number of hydrogen-bond donors (Lipinski definition) is 3. The molecule has 1 aromatic rings. The second-order valence-electron chi connectivity index (χ2n) is 7.71. The van der Waals surface area contributed by atoms with Crippen LogP contribution in [0.15, 0.2) is 24.3 Å². The fourth-order valence-corrected chi connectivity index (χ4v) is 3.37. The van der Waals surface area contributed by atoms with Crippen molar-refractivity contribution in [3.63, 3.8) is 0 Å². The number of aromatic carboxylic acids is 1. The summed E-state index contributed by atoms with van der Waals surface area (Å²) >= 11 is 0. The van der Waals surface area contributed by atoms with Crippen molar-refractivity contribution < 1.29 is 14.7 Å². The van der Waals surface area contributed by atoms with Crippen LogP contribution in [0.4, 0.5) is 4.79 Å². The van der Waals surface area contributed by atoms with Gasteiger partial charge in [0.25, 0.3) is 0 Å². The number of carbonyl (C=O) groups excluding carboxylic acids is 1. The molecule has 2 rings (SSSR count). The number of carboxylic acid groups (broad SMARTS) is 1. The largest absolute Gasteiger partial charge is 0.478 e. The Kier molecular flexibility index (Phi) is 7.03. The normalized spacial score (nSPS) is 18.3. The topological polar surface area (TPSA) is 81.7 Å². The van der Waals surface area contributed by atoms with E-state index in [2.05, 4.69) is 36.3 Å². The molecular formula is C20H31N3O3. The fourth-order valence-electron chi connectivity index (χ4n) is 3.37. The average Bonchev–Trinajstić information content (AvgIpc) is 2.65. The summed E-state index contributed by atoms with van der Waals surface area (Å²) in [5, 5.41) is 14.7. The molecule has 1 fully saturated rings. The van der Waals surface area contributed by atoms with Gasteiger partial charge in [0.05, 0.1) is 5.56 Å². The standard InChI is InChI=1S/C20H31N3O3/c1-4-15-6-5-11-23(13-15)20(2,3)14-22-19(26)21-12-16-7-9-17(10-8-16)18(24)25/h7-10,15H,4-6,11-14H2,1-3H3,(H,24,25)(H2,21,22,26). The Hall–Kier alpha value is -2.08. The Morgan fingerprint density at radius 3 is 2.54 bits per heavy atom. The Balaban J connectivity index is 1.77. The van der Waals surface area contributed by atoms with Crippen molar-refractivity contribution >= 4 is 12.0 Å². The monoisotopic (exact) mass is 361 g/mol. The minimum atomic E-state index is -0.951. The first-order chi connectivity index (χ1) is 12.3. The van der Waals surface area contributed by atoms with Gasteiger partial charge in [0.2, 0.25) is 0 Å². The van der Waals surface area contributed by atoms with Gasteiger partial charge in [-0.3, -0.25) is 4.90 Å². The third kappa shape index (κ3) is 5.73. The van der Waals surface area contributed by atoms with Crippen LogP contribution < -0.4 is 10.6 Å². The van der Waals surface area contributed by atoms with Crippen LogP contribution in [-0.4, -0.2) is 47.2 Å². The zero-order valence-corrected chi connectivity index (χ0v) is 16.0. The van der Waals surface area contributed by atoms with Gasteiger partial charge in [0.1, 0.15) is 0 Å². The predicted octanol–water partition coefficient (Wildman–Crippen LogP) is 3.08. The lowest BCUT2D eigenvalue weighted by atomic mass is 9.91. The van der Waals surface area contributed by atoms with E-state index < -0.39 is 5.97 Å². The van der Waals surface area contributed by atoms with Gasteiger partial charge in [-0.2, -0.15) is 0 Å². The zero-order chi connectivity index (χ0) is 19.2. The molecule has 0 radical (unpaired) electrons. The predicted molar refractivity (Wildman–Crippen MR) is 102 cm³/mol. The van der Waals surface area contributed by atoms with Crippen molar-refractivity contribution in [2.45, 2.75) is 52.1 Å². The molecule has 0 aromatic heterocycles. The molecule has 6 nitrogen and oxygen atoms in total. The second-order valence-corrected chi connectivity index (χ2v) is 7.71. The van der Waals surface area contributed by atoms with E-state index in [4.69, 9.17) is 5.11 Å². The Bertz CT molecular complexity index is 613. The first-order valence-corrected chi connectivity index (χ1v) is 9.41. The van der Waals surface area contributed by atoms with Crippen molar-refractivity contribution in [2.24, 2.45) is 5.92 Å². The van der Waals surface area contributed by atoms with E-state index in [0.29, 0.717) is 13.1 Å². The molecule has 1 saturated heterocycles. The maximum Gasteiger partial charge on any atom is 0.335 e. The summed E-state index contributed by atoms with van der Waals surface area (Å²) in [7, 11) is 0. The van der Waals surface area contributed by atoms with Crippen LogP contribution in [0.1, 0.15) is 56.0 Å².